The van der Waals surface area contributed by atoms with Crippen molar-refractivity contribution < 1.29 is 14.3 Å². The van der Waals surface area contributed by atoms with Crippen LogP contribution in [0, 0.1) is 13.8 Å². The molecule has 190 valence electrons. The Balaban J connectivity index is 1.43. The Hall–Kier alpha value is -4.20. The van der Waals surface area contributed by atoms with Gasteiger partial charge in [-0.2, -0.15) is 0 Å². The molecule has 0 amide bonds. The standard InChI is InChI=1S/C29H31N5O3/c1-5-37-29(35)23-18-30-27(21-9-6-8-19(2)16-21)32-28(23)34-14-12-33(13-15-34)25-17-20(3)22-10-7-11-24(36-4)26(22)31-25/h6-11,16-18H,5,12-15H2,1-4H3. The number of pyridine rings is 1. The predicted octanol–water partition coefficient (Wildman–Crippen LogP) is 4.82. The van der Waals surface area contributed by atoms with Crippen LogP contribution in [-0.4, -0.2) is 60.8 Å². The van der Waals surface area contributed by atoms with Gasteiger partial charge in [-0.3, -0.25) is 0 Å². The second-order valence-electron chi connectivity index (χ2n) is 9.15. The van der Waals surface area contributed by atoms with Crippen LogP contribution >= 0.6 is 0 Å². The molecular weight excluding hydrogens is 466 g/mol. The smallest absolute Gasteiger partial charge is 0.343 e. The van der Waals surface area contributed by atoms with E-state index < -0.39 is 5.97 Å². The number of nitrogens with zero attached hydrogens (tertiary/aromatic N) is 5. The summed E-state index contributed by atoms with van der Waals surface area (Å²) >= 11 is 0. The number of methoxy groups -OCH3 is 1. The summed E-state index contributed by atoms with van der Waals surface area (Å²) < 4.78 is 10.9. The van der Waals surface area contributed by atoms with Crippen LogP contribution in [0.2, 0.25) is 0 Å². The van der Waals surface area contributed by atoms with Crippen molar-refractivity contribution in [3.8, 4) is 17.1 Å². The van der Waals surface area contributed by atoms with E-state index >= 15 is 0 Å². The van der Waals surface area contributed by atoms with Crippen LogP contribution in [0.15, 0.2) is 54.7 Å². The van der Waals surface area contributed by atoms with Crippen LogP contribution in [0.5, 0.6) is 5.75 Å². The van der Waals surface area contributed by atoms with E-state index in [9.17, 15) is 4.79 Å². The Kier molecular flexibility index (Phi) is 6.90. The maximum Gasteiger partial charge on any atom is 0.343 e. The van der Waals surface area contributed by atoms with Crippen molar-refractivity contribution in [2.45, 2.75) is 20.8 Å². The number of esters is 1. The zero-order valence-electron chi connectivity index (χ0n) is 21.7. The van der Waals surface area contributed by atoms with E-state index in [2.05, 4.69) is 33.8 Å². The Morgan fingerprint density at radius 3 is 2.46 bits per heavy atom. The molecule has 0 saturated carbocycles. The average Bonchev–Trinajstić information content (AvgIpc) is 2.92. The Bertz CT molecular complexity index is 1450. The van der Waals surface area contributed by atoms with Gasteiger partial charge in [0, 0.05) is 43.3 Å². The summed E-state index contributed by atoms with van der Waals surface area (Å²) in [5.41, 5.74) is 4.45. The maximum absolute atomic E-state index is 12.8. The van der Waals surface area contributed by atoms with Gasteiger partial charge in [-0.05, 0) is 44.5 Å². The first-order chi connectivity index (χ1) is 18.0. The Morgan fingerprint density at radius 2 is 1.73 bits per heavy atom. The number of rotatable bonds is 6. The number of fused-ring (bicyclic) bond motifs is 1. The highest BCUT2D eigenvalue weighted by atomic mass is 16.5. The number of aryl methyl sites for hydroxylation is 2. The molecular formula is C29H31N5O3. The lowest BCUT2D eigenvalue weighted by Gasteiger charge is -2.36. The highest BCUT2D eigenvalue weighted by molar-refractivity contribution is 5.95. The third-order valence-electron chi connectivity index (χ3n) is 6.66. The number of carbonyl (C=O) groups is 1. The SMILES string of the molecule is CCOC(=O)c1cnc(-c2cccc(C)c2)nc1N1CCN(c2cc(C)c3cccc(OC)c3n2)CC1. The summed E-state index contributed by atoms with van der Waals surface area (Å²) in [6, 6.07) is 16.2. The van der Waals surface area contributed by atoms with E-state index in [-0.39, 0.29) is 0 Å². The molecule has 1 saturated heterocycles. The zero-order chi connectivity index (χ0) is 25.9. The van der Waals surface area contributed by atoms with Gasteiger partial charge in [-0.1, -0.05) is 35.9 Å². The summed E-state index contributed by atoms with van der Waals surface area (Å²) in [6.07, 6.45) is 1.59. The lowest BCUT2D eigenvalue weighted by Crippen LogP contribution is -2.47. The number of anilines is 2. The molecule has 0 radical (unpaired) electrons. The van der Waals surface area contributed by atoms with Crippen molar-refractivity contribution in [3.63, 3.8) is 0 Å². The van der Waals surface area contributed by atoms with Crippen LogP contribution in [0.4, 0.5) is 11.6 Å². The number of hydrogen-bond acceptors (Lipinski definition) is 8. The maximum atomic E-state index is 12.8. The topological polar surface area (TPSA) is 80.7 Å². The van der Waals surface area contributed by atoms with Crippen molar-refractivity contribution in [2.75, 3.05) is 49.7 Å². The van der Waals surface area contributed by atoms with Gasteiger partial charge < -0.3 is 19.3 Å². The second kappa shape index (κ2) is 10.4. The van der Waals surface area contributed by atoms with E-state index in [1.54, 1.807) is 20.2 Å². The van der Waals surface area contributed by atoms with Crippen molar-refractivity contribution >= 4 is 28.5 Å². The largest absolute Gasteiger partial charge is 0.494 e. The predicted molar refractivity (Wildman–Crippen MR) is 146 cm³/mol. The highest BCUT2D eigenvalue weighted by Gasteiger charge is 2.26. The van der Waals surface area contributed by atoms with Gasteiger partial charge in [-0.15, -0.1) is 0 Å². The normalized spacial score (nSPS) is 13.6. The first-order valence-corrected chi connectivity index (χ1v) is 12.5. The summed E-state index contributed by atoms with van der Waals surface area (Å²) in [5, 5.41) is 1.09. The molecule has 2 aromatic carbocycles. The molecule has 1 aliphatic rings. The first kappa shape index (κ1) is 24.5. The molecule has 8 heteroatoms. The number of para-hydroxylation sites is 1. The fraction of sp³-hybridized carbons (Fsp3) is 0.310. The van der Waals surface area contributed by atoms with Gasteiger partial charge in [-0.25, -0.2) is 19.7 Å². The molecule has 2 aromatic heterocycles. The summed E-state index contributed by atoms with van der Waals surface area (Å²) in [6.45, 7) is 9.06. The van der Waals surface area contributed by atoms with Crippen LogP contribution < -0.4 is 14.5 Å². The fourth-order valence-electron chi connectivity index (χ4n) is 4.74. The van der Waals surface area contributed by atoms with Crippen LogP contribution in [0.1, 0.15) is 28.4 Å². The van der Waals surface area contributed by atoms with Gasteiger partial charge in [0.2, 0.25) is 0 Å². The lowest BCUT2D eigenvalue weighted by atomic mass is 10.1. The minimum absolute atomic E-state index is 0.294. The highest BCUT2D eigenvalue weighted by Crippen LogP contribution is 2.30. The van der Waals surface area contributed by atoms with Crippen molar-refractivity contribution in [3.05, 3.63) is 71.4 Å². The quantitative estimate of drug-likeness (QED) is 0.351. The van der Waals surface area contributed by atoms with Crippen molar-refractivity contribution in [1.82, 2.24) is 15.0 Å². The molecule has 0 N–H and O–H groups in total. The molecule has 0 aliphatic carbocycles. The monoisotopic (exact) mass is 497 g/mol. The van der Waals surface area contributed by atoms with E-state index in [4.69, 9.17) is 19.4 Å². The number of piperazine rings is 1. The molecule has 4 aromatic rings. The van der Waals surface area contributed by atoms with Gasteiger partial charge in [0.1, 0.15) is 28.5 Å². The number of benzene rings is 2. The molecule has 1 aliphatic heterocycles. The van der Waals surface area contributed by atoms with Crippen molar-refractivity contribution in [1.29, 1.82) is 0 Å². The average molecular weight is 498 g/mol. The second-order valence-corrected chi connectivity index (χ2v) is 9.15. The van der Waals surface area contributed by atoms with Gasteiger partial charge in [0.25, 0.3) is 0 Å². The minimum Gasteiger partial charge on any atom is -0.494 e. The van der Waals surface area contributed by atoms with Crippen LogP contribution in [0.25, 0.3) is 22.3 Å². The van der Waals surface area contributed by atoms with E-state index in [0.29, 0.717) is 36.9 Å². The molecule has 37 heavy (non-hydrogen) atoms. The number of hydrogen-bond donors (Lipinski definition) is 0. The molecule has 0 atom stereocenters. The van der Waals surface area contributed by atoms with E-state index in [1.165, 1.54) is 0 Å². The van der Waals surface area contributed by atoms with Gasteiger partial charge in [0.15, 0.2) is 5.82 Å². The van der Waals surface area contributed by atoms with Crippen LogP contribution in [0.3, 0.4) is 0 Å². The minimum atomic E-state index is -0.408. The molecule has 3 heterocycles. The number of ether oxygens (including phenoxy) is 2. The number of aromatic nitrogens is 3. The molecule has 0 spiro atoms. The molecule has 0 bridgehead atoms. The van der Waals surface area contributed by atoms with E-state index in [0.717, 1.165) is 52.3 Å². The van der Waals surface area contributed by atoms with Crippen LogP contribution in [-0.2, 0) is 4.74 Å². The fourth-order valence-corrected chi connectivity index (χ4v) is 4.74. The molecule has 1 fully saturated rings. The summed E-state index contributed by atoms with van der Waals surface area (Å²) in [7, 11) is 1.67. The Morgan fingerprint density at radius 1 is 0.973 bits per heavy atom. The number of carbonyl (C=O) groups excluding carboxylic acids is 1. The summed E-state index contributed by atoms with van der Waals surface area (Å²) in [5.74, 6) is 2.48. The van der Waals surface area contributed by atoms with Crippen molar-refractivity contribution in [2.24, 2.45) is 0 Å². The molecule has 8 nitrogen and oxygen atoms in total. The zero-order valence-corrected chi connectivity index (χ0v) is 21.7. The third kappa shape index (κ3) is 4.91. The summed E-state index contributed by atoms with van der Waals surface area (Å²) in [4.78, 5) is 31.4. The van der Waals surface area contributed by atoms with Gasteiger partial charge in [0.05, 0.1) is 13.7 Å². The molecule has 5 rings (SSSR count). The first-order valence-electron chi connectivity index (χ1n) is 12.5. The van der Waals surface area contributed by atoms with Gasteiger partial charge >= 0.3 is 5.97 Å². The lowest BCUT2D eigenvalue weighted by molar-refractivity contribution is 0.0526. The molecule has 0 unspecified atom stereocenters. The van der Waals surface area contributed by atoms with E-state index in [1.807, 2.05) is 43.3 Å². The third-order valence-corrected chi connectivity index (χ3v) is 6.66. The Labute approximate surface area is 216 Å².